The number of amides is 1. The van der Waals surface area contributed by atoms with E-state index < -0.39 is 11.7 Å². The number of nitrogens with zero attached hydrogens (tertiary/aromatic N) is 1. The highest BCUT2D eigenvalue weighted by Gasteiger charge is 2.15. The molecule has 2 rings (SSSR count). The molecule has 0 bridgehead atoms. The second kappa shape index (κ2) is 9.07. The first-order valence-corrected chi connectivity index (χ1v) is 8.94. The van der Waals surface area contributed by atoms with E-state index in [1.165, 1.54) is 5.56 Å². The fourth-order valence-electron chi connectivity index (χ4n) is 2.31. The zero-order valence-corrected chi connectivity index (χ0v) is 16.4. The van der Waals surface area contributed by atoms with Crippen molar-refractivity contribution in [2.45, 2.75) is 39.7 Å². The van der Waals surface area contributed by atoms with Gasteiger partial charge in [0.25, 0.3) is 0 Å². The van der Waals surface area contributed by atoms with Crippen LogP contribution in [0.2, 0.25) is 0 Å². The molecule has 0 aromatic heterocycles. The SMILES string of the molecule is Cc1ccc(NC(N)=NCCc2ccc(NC(=O)OC(C)(C)C)cc2)cc1. The summed E-state index contributed by atoms with van der Waals surface area (Å²) in [5.74, 6) is 0.391. The number of nitrogens with one attached hydrogen (secondary N) is 2. The number of aryl methyl sites for hydroxylation is 1. The van der Waals surface area contributed by atoms with Crippen molar-refractivity contribution in [3.63, 3.8) is 0 Å². The van der Waals surface area contributed by atoms with Crippen molar-refractivity contribution >= 4 is 23.4 Å². The molecule has 0 aliphatic carbocycles. The third-order valence-electron chi connectivity index (χ3n) is 3.61. The van der Waals surface area contributed by atoms with Gasteiger partial charge in [-0.15, -0.1) is 0 Å². The number of rotatable bonds is 5. The molecule has 1 amide bonds. The summed E-state index contributed by atoms with van der Waals surface area (Å²) in [7, 11) is 0. The number of carbonyl (C=O) groups is 1. The lowest BCUT2D eigenvalue weighted by Crippen LogP contribution is -2.27. The summed E-state index contributed by atoms with van der Waals surface area (Å²) < 4.78 is 5.23. The van der Waals surface area contributed by atoms with Gasteiger partial charge >= 0.3 is 6.09 Å². The van der Waals surface area contributed by atoms with E-state index in [0.29, 0.717) is 18.2 Å². The Kier molecular flexibility index (Phi) is 6.82. The molecule has 2 aromatic rings. The number of nitrogens with two attached hydrogens (primary N) is 1. The Morgan fingerprint density at radius 1 is 1.00 bits per heavy atom. The molecule has 0 atom stereocenters. The lowest BCUT2D eigenvalue weighted by molar-refractivity contribution is 0.0636. The molecule has 4 N–H and O–H groups in total. The Balaban J connectivity index is 1.80. The van der Waals surface area contributed by atoms with Crippen LogP contribution in [0.3, 0.4) is 0 Å². The van der Waals surface area contributed by atoms with Gasteiger partial charge in [0.2, 0.25) is 0 Å². The molecule has 2 aromatic carbocycles. The van der Waals surface area contributed by atoms with Gasteiger partial charge < -0.3 is 15.8 Å². The first-order chi connectivity index (χ1) is 12.7. The van der Waals surface area contributed by atoms with Crippen molar-refractivity contribution in [2.24, 2.45) is 10.7 Å². The number of aliphatic imine (C=N–C) groups is 1. The second-order valence-corrected chi connectivity index (χ2v) is 7.33. The molecule has 6 nitrogen and oxygen atoms in total. The van der Waals surface area contributed by atoms with E-state index in [-0.39, 0.29) is 0 Å². The van der Waals surface area contributed by atoms with Gasteiger partial charge in [0.1, 0.15) is 5.60 Å². The first-order valence-electron chi connectivity index (χ1n) is 8.94. The van der Waals surface area contributed by atoms with Gasteiger partial charge in [-0.3, -0.25) is 10.3 Å². The first kappa shape index (κ1) is 20.3. The van der Waals surface area contributed by atoms with E-state index in [9.17, 15) is 4.79 Å². The molecule has 0 radical (unpaired) electrons. The van der Waals surface area contributed by atoms with Gasteiger partial charge in [-0.05, 0) is 63.9 Å². The lowest BCUT2D eigenvalue weighted by atomic mass is 10.1. The summed E-state index contributed by atoms with van der Waals surface area (Å²) in [6.45, 7) is 8.10. The summed E-state index contributed by atoms with van der Waals surface area (Å²) in [6.07, 6.45) is 0.290. The minimum atomic E-state index is -0.519. The zero-order chi connectivity index (χ0) is 19.9. The van der Waals surface area contributed by atoms with E-state index in [0.717, 1.165) is 17.7 Å². The molecule has 0 spiro atoms. The third-order valence-corrected chi connectivity index (χ3v) is 3.61. The van der Waals surface area contributed by atoms with Crippen LogP contribution in [0.5, 0.6) is 0 Å². The van der Waals surface area contributed by atoms with Crippen LogP contribution in [0.4, 0.5) is 16.2 Å². The summed E-state index contributed by atoms with van der Waals surface area (Å²) in [5.41, 5.74) is 9.31. The van der Waals surface area contributed by atoms with Gasteiger partial charge in [0.05, 0.1) is 0 Å². The van der Waals surface area contributed by atoms with Crippen LogP contribution in [0.25, 0.3) is 0 Å². The Hall–Kier alpha value is -3.02. The van der Waals surface area contributed by atoms with Gasteiger partial charge in [-0.2, -0.15) is 0 Å². The Labute approximate surface area is 160 Å². The van der Waals surface area contributed by atoms with Crippen LogP contribution in [0.1, 0.15) is 31.9 Å². The molecule has 0 aliphatic heterocycles. The number of ether oxygens (including phenoxy) is 1. The largest absolute Gasteiger partial charge is 0.444 e. The number of hydrogen-bond acceptors (Lipinski definition) is 3. The predicted molar refractivity (Wildman–Crippen MR) is 111 cm³/mol. The van der Waals surface area contributed by atoms with Crippen LogP contribution in [0.15, 0.2) is 53.5 Å². The van der Waals surface area contributed by atoms with Crippen LogP contribution >= 0.6 is 0 Å². The Bertz CT molecular complexity index is 775. The van der Waals surface area contributed by atoms with Crippen molar-refractivity contribution < 1.29 is 9.53 Å². The van der Waals surface area contributed by atoms with Gasteiger partial charge in [0, 0.05) is 17.9 Å². The highest BCUT2D eigenvalue weighted by atomic mass is 16.6. The standard InChI is InChI=1S/C21H28N4O2/c1-15-5-9-17(10-6-15)24-19(22)23-14-13-16-7-11-18(12-8-16)25-20(26)27-21(2,3)4/h5-12H,13-14H2,1-4H3,(H,25,26)(H3,22,23,24). The molecule has 0 heterocycles. The van der Waals surface area contributed by atoms with Crippen molar-refractivity contribution in [2.75, 3.05) is 17.2 Å². The average Bonchev–Trinajstić information content (AvgIpc) is 2.57. The maximum absolute atomic E-state index is 11.8. The van der Waals surface area contributed by atoms with Crippen LogP contribution in [-0.2, 0) is 11.2 Å². The molecule has 144 valence electrons. The van der Waals surface area contributed by atoms with E-state index in [1.807, 2.05) is 76.2 Å². The average molecular weight is 368 g/mol. The van der Waals surface area contributed by atoms with Crippen LogP contribution in [0, 0.1) is 6.92 Å². The van der Waals surface area contributed by atoms with Gasteiger partial charge in [0.15, 0.2) is 5.96 Å². The number of guanidine groups is 1. The maximum atomic E-state index is 11.8. The molecule has 27 heavy (non-hydrogen) atoms. The molecule has 0 fully saturated rings. The fourth-order valence-corrected chi connectivity index (χ4v) is 2.31. The minimum absolute atomic E-state index is 0.391. The van der Waals surface area contributed by atoms with Crippen molar-refractivity contribution in [3.05, 3.63) is 59.7 Å². The topological polar surface area (TPSA) is 88.7 Å². The van der Waals surface area contributed by atoms with Gasteiger partial charge in [-0.25, -0.2) is 4.79 Å². The second-order valence-electron chi connectivity index (χ2n) is 7.33. The molecule has 6 heteroatoms. The summed E-state index contributed by atoms with van der Waals surface area (Å²) in [6, 6.07) is 15.6. The van der Waals surface area contributed by atoms with Crippen molar-refractivity contribution in [1.82, 2.24) is 0 Å². The van der Waals surface area contributed by atoms with E-state index >= 15 is 0 Å². The quantitative estimate of drug-likeness (QED) is 0.542. The smallest absolute Gasteiger partial charge is 0.412 e. The third kappa shape index (κ3) is 7.81. The fraction of sp³-hybridized carbons (Fsp3) is 0.333. The highest BCUT2D eigenvalue weighted by Crippen LogP contribution is 2.13. The minimum Gasteiger partial charge on any atom is -0.444 e. The van der Waals surface area contributed by atoms with E-state index in [1.54, 1.807) is 0 Å². The summed E-state index contributed by atoms with van der Waals surface area (Å²) >= 11 is 0. The molecule has 0 saturated carbocycles. The van der Waals surface area contributed by atoms with E-state index in [4.69, 9.17) is 10.5 Å². The Morgan fingerprint density at radius 3 is 2.15 bits per heavy atom. The molecular weight excluding hydrogens is 340 g/mol. The van der Waals surface area contributed by atoms with Crippen LogP contribution < -0.4 is 16.4 Å². The monoisotopic (exact) mass is 368 g/mol. The molecule has 0 unspecified atom stereocenters. The summed E-state index contributed by atoms with van der Waals surface area (Å²) in [4.78, 5) is 16.1. The molecule has 0 aliphatic rings. The number of carbonyl (C=O) groups excluding carboxylic acids is 1. The van der Waals surface area contributed by atoms with Gasteiger partial charge in [-0.1, -0.05) is 29.8 Å². The maximum Gasteiger partial charge on any atom is 0.412 e. The highest BCUT2D eigenvalue weighted by molar-refractivity contribution is 5.92. The van der Waals surface area contributed by atoms with Crippen LogP contribution in [-0.4, -0.2) is 24.2 Å². The number of hydrogen-bond donors (Lipinski definition) is 3. The summed E-state index contributed by atoms with van der Waals surface area (Å²) in [5, 5.41) is 5.78. The predicted octanol–water partition coefficient (Wildman–Crippen LogP) is 4.31. The zero-order valence-electron chi connectivity index (χ0n) is 16.4. The normalized spacial score (nSPS) is 11.8. The number of benzene rings is 2. The Morgan fingerprint density at radius 2 is 1.56 bits per heavy atom. The van der Waals surface area contributed by atoms with Crippen molar-refractivity contribution in [1.29, 1.82) is 0 Å². The lowest BCUT2D eigenvalue weighted by Gasteiger charge is -2.19. The molecule has 0 saturated heterocycles. The molecular formula is C21H28N4O2. The van der Waals surface area contributed by atoms with E-state index in [2.05, 4.69) is 15.6 Å². The van der Waals surface area contributed by atoms with Crippen molar-refractivity contribution in [3.8, 4) is 0 Å². The number of anilines is 2.